The third-order valence-corrected chi connectivity index (χ3v) is 3.38. The molecule has 0 radical (unpaired) electrons. The highest BCUT2D eigenvalue weighted by atomic mass is 16.3. The van der Waals surface area contributed by atoms with E-state index in [9.17, 15) is 0 Å². The van der Waals surface area contributed by atoms with Gasteiger partial charge >= 0.3 is 0 Å². The number of para-hydroxylation sites is 1. The second kappa shape index (κ2) is 5.40. The number of aliphatic hydroxyl groups is 1. The summed E-state index contributed by atoms with van der Waals surface area (Å²) in [6, 6.07) is 8.07. The van der Waals surface area contributed by atoms with Crippen LogP contribution in [0, 0.1) is 0 Å². The van der Waals surface area contributed by atoms with Crippen molar-refractivity contribution in [1.82, 2.24) is 9.97 Å². The smallest absolute Gasteiger partial charge is 0.225 e. The SMILES string of the molecule is OCCNc1nc(N2CCCC2)c2ccccc2n1. The van der Waals surface area contributed by atoms with E-state index < -0.39 is 0 Å². The van der Waals surface area contributed by atoms with Gasteiger partial charge in [0.25, 0.3) is 0 Å². The van der Waals surface area contributed by atoms with E-state index in [0.29, 0.717) is 12.5 Å². The summed E-state index contributed by atoms with van der Waals surface area (Å²) in [5.74, 6) is 1.60. The monoisotopic (exact) mass is 258 g/mol. The lowest BCUT2D eigenvalue weighted by Gasteiger charge is -2.19. The summed E-state index contributed by atoms with van der Waals surface area (Å²) in [4.78, 5) is 11.4. The van der Waals surface area contributed by atoms with Gasteiger partial charge in [-0.15, -0.1) is 0 Å². The van der Waals surface area contributed by atoms with E-state index in [4.69, 9.17) is 5.11 Å². The summed E-state index contributed by atoms with van der Waals surface area (Å²) in [6.07, 6.45) is 2.44. The van der Waals surface area contributed by atoms with Gasteiger partial charge in [0, 0.05) is 25.0 Å². The molecule has 1 fully saturated rings. The summed E-state index contributed by atoms with van der Waals surface area (Å²) in [6.45, 7) is 2.66. The average Bonchev–Trinajstić information content (AvgIpc) is 2.98. The fourth-order valence-corrected chi connectivity index (χ4v) is 2.48. The molecule has 1 aromatic carbocycles. The maximum absolute atomic E-state index is 8.89. The van der Waals surface area contributed by atoms with Crippen LogP contribution in [0.2, 0.25) is 0 Å². The van der Waals surface area contributed by atoms with Crippen LogP contribution in [0.3, 0.4) is 0 Å². The molecule has 2 heterocycles. The number of nitrogens with one attached hydrogen (secondary N) is 1. The lowest BCUT2D eigenvalue weighted by Crippen LogP contribution is -2.20. The van der Waals surface area contributed by atoms with Crippen molar-refractivity contribution in [3.63, 3.8) is 0 Å². The number of fused-ring (bicyclic) bond motifs is 1. The zero-order valence-electron chi connectivity index (χ0n) is 10.8. The maximum atomic E-state index is 8.89. The van der Waals surface area contributed by atoms with E-state index in [1.165, 1.54) is 12.8 Å². The highest BCUT2D eigenvalue weighted by molar-refractivity contribution is 5.90. The molecule has 100 valence electrons. The van der Waals surface area contributed by atoms with Crippen LogP contribution in [-0.4, -0.2) is 41.3 Å². The van der Waals surface area contributed by atoms with Gasteiger partial charge in [0.2, 0.25) is 5.95 Å². The average molecular weight is 258 g/mol. The lowest BCUT2D eigenvalue weighted by molar-refractivity contribution is 0.311. The summed E-state index contributed by atoms with van der Waals surface area (Å²) >= 11 is 0. The molecule has 0 saturated carbocycles. The molecule has 3 rings (SSSR count). The molecule has 0 unspecified atom stereocenters. The largest absolute Gasteiger partial charge is 0.395 e. The predicted octanol–water partition coefficient (Wildman–Crippen LogP) is 1.63. The fourth-order valence-electron chi connectivity index (χ4n) is 2.48. The minimum atomic E-state index is 0.0786. The van der Waals surface area contributed by atoms with Gasteiger partial charge < -0.3 is 15.3 Å². The molecule has 0 bridgehead atoms. The Bertz CT molecular complexity index is 566. The van der Waals surface area contributed by atoms with Crippen LogP contribution in [0.4, 0.5) is 11.8 Å². The van der Waals surface area contributed by atoms with E-state index >= 15 is 0 Å². The van der Waals surface area contributed by atoms with Crippen LogP contribution in [0.25, 0.3) is 10.9 Å². The zero-order valence-corrected chi connectivity index (χ0v) is 10.8. The van der Waals surface area contributed by atoms with Gasteiger partial charge in [-0.3, -0.25) is 0 Å². The Hall–Kier alpha value is -1.88. The van der Waals surface area contributed by atoms with Crippen LogP contribution in [0.15, 0.2) is 24.3 Å². The minimum absolute atomic E-state index is 0.0786. The molecule has 1 aliphatic rings. The number of aliphatic hydroxyl groups excluding tert-OH is 1. The van der Waals surface area contributed by atoms with Crippen molar-refractivity contribution < 1.29 is 5.11 Å². The summed E-state index contributed by atoms with van der Waals surface area (Å²) < 4.78 is 0. The van der Waals surface area contributed by atoms with E-state index in [1.54, 1.807) is 0 Å². The van der Waals surface area contributed by atoms with Gasteiger partial charge in [0.1, 0.15) is 5.82 Å². The second-order valence-corrected chi connectivity index (χ2v) is 4.73. The minimum Gasteiger partial charge on any atom is -0.395 e. The van der Waals surface area contributed by atoms with Gasteiger partial charge in [-0.05, 0) is 25.0 Å². The molecule has 0 amide bonds. The first-order valence-electron chi connectivity index (χ1n) is 6.75. The number of rotatable bonds is 4. The Labute approximate surface area is 112 Å². The summed E-state index contributed by atoms with van der Waals surface area (Å²) in [7, 11) is 0. The molecule has 0 atom stereocenters. The number of hydrogen-bond donors (Lipinski definition) is 2. The number of benzene rings is 1. The van der Waals surface area contributed by atoms with Crippen LogP contribution in [0.5, 0.6) is 0 Å². The highest BCUT2D eigenvalue weighted by Crippen LogP contribution is 2.27. The first-order chi connectivity index (χ1) is 9.38. The third kappa shape index (κ3) is 2.46. The normalized spacial score (nSPS) is 15.1. The predicted molar refractivity (Wildman–Crippen MR) is 76.6 cm³/mol. The molecule has 2 aromatic rings. The zero-order chi connectivity index (χ0) is 13.1. The van der Waals surface area contributed by atoms with Crippen molar-refractivity contribution in [2.45, 2.75) is 12.8 Å². The van der Waals surface area contributed by atoms with Crippen LogP contribution < -0.4 is 10.2 Å². The number of anilines is 2. The Balaban J connectivity index is 2.05. The summed E-state index contributed by atoms with van der Waals surface area (Å²) in [5, 5.41) is 13.0. The molecule has 1 aliphatic heterocycles. The van der Waals surface area contributed by atoms with E-state index in [2.05, 4.69) is 26.3 Å². The summed E-state index contributed by atoms with van der Waals surface area (Å²) in [5.41, 5.74) is 0.944. The van der Waals surface area contributed by atoms with Gasteiger partial charge in [-0.25, -0.2) is 4.98 Å². The number of hydrogen-bond acceptors (Lipinski definition) is 5. The Morgan fingerprint density at radius 1 is 1.16 bits per heavy atom. The maximum Gasteiger partial charge on any atom is 0.225 e. The van der Waals surface area contributed by atoms with Crippen LogP contribution in [0.1, 0.15) is 12.8 Å². The van der Waals surface area contributed by atoms with Crippen LogP contribution >= 0.6 is 0 Å². The van der Waals surface area contributed by atoms with Crippen molar-refractivity contribution in [1.29, 1.82) is 0 Å². The highest BCUT2D eigenvalue weighted by Gasteiger charge is 2.17. The Morgan fingerprint density at radius 2 is 1.95 bits per heavy atom. The van der Waals surface area contributed by atoms with Crippen molar-refractivity contribution in [3.05, 3.63) is 24.3 Å². The molecule has 19 heavy (non-hydrogen) atoms. The van der Waals surface area contributed by atoms with Crippen molar-refractivity contribution in [2.24, 2.45) is 0 Å². The second-order valence-electron chi connectivity index (χ2n) is 4.73. The molecule has 5 nitrogen and oxygen atoms in total. The molecule has 0 spiro atoms. The van der Waals surface area contributed by atoms with Gasteiger partial charge in [-0.2, -0.15) is 4.98 Å². The molecule has 1 saturated heterocycles. The third-order valence-electron chi connectivity index (χ3n) is 3.38. The molecule has 0 aliphatic carbocycles. The van der Waals surface area contributed by atoms with Gasteiger partial charge in [-0.1, -0.05) is 12.1 Å². The van der Waals surface area contributed by atoms with Gasteiger partial charge in [0.15, 0.2) is 0 Å². The topological polar surface area (TPSA) is 61.3 Å². The molecular weight excluding hydrogens is 240 g/mol. The Kier molecular flexibility index (Phi) is 3.46. The first kappa shape index (κ1) is 12.2. The lowest BCUT2D eigenvalue weighted by atomic mass is 10.2. The fraction of sp³-hybridized carbons (Fsp3) is 0.429. The van der Waals surface area contributed by atoms with E-state index in [-0.39, 0.29) is 6.61 Å². The number of aromatic nitrogens is 2. The molecular formula is C14H18N4O. The van der Waals surface area contributed by atoms with Crippen molar-refractivity contribution >= 4 is 22.7 Å². The number of nitrogens with zero attached hydrogens (tertiary/aromatic N) is 3. The quantitative estimate of drug-likeness (QED) is 0.873. The van der Waals surface area contributed by atoms with Crippen molar-refractivity contribution in [2.75, 3.05) is 36.5 Å². The van der Waals surface area contributed by atoms with E-state index in [0.717, 1.165) is 29.8 Å². The van der Waals surface area contributed by atoms with Crippen LogP contribution in [-0.2, 0) is 0 Å². The first-order valence-corrected chi connectivity index (χ1v) is 6.75. The van der Waals surface area contributed by atoms with Gasteiger partial charge in [0.05, 0.1) is 12.1 Å². The standard InChI is InChI=1S/C14H18N4O/c19-10-7-15-14-16-12-6-2-1-5-11(12)13(17-14)18-8-3-4-9-18/h1-2,5-6,19H,3-4,7-10H2,(H,15,16,17). The molecule has 2 N–H and O–H groups in total. The molecule has 5 heteroatoms. The molecule has 1 aromatic heterocycles. The van der Waals surface area contributed by atoms with Crippen molar-refractivity contribution in [3.8, 4) is 0 Å². The Morgan fingerprint density at radius 3 is 2.74 bits per heavy atom. The van der Waals surface area contributed by atoms with E-state index in [1.807, 2.05) is 18.2 Å².